The zero-order valence-electron chi connectivity index (χ0n) is 12.0. The Labute approximate surface area is 135 Å². The van der Waals surface area contributed by atoms with Crippen LogP contribution in [-0.2, 0) is 7.05 Å². The van der Waals surface area contributed by atoms with Crippen molar-refractivity contribution in [2.75, 3.05) is 31.6 Å². The maximum absolute atomic E-state index is 2.51. The summed E-state index contributed by atoms with van der Waals surface area (Å²) in [5.74, 6) is 0. The van der Waals surface area contributed by atoms with Gasteiger partial charge >= 0.3 is 0 Å². The number of likely N-dealkylation sites (N-methyl/N-ethyl adjacent to an activating group) is 1. The van der Waals surface area contributed by atoms with Gasteiger partial charge in [-0.1, -0.05) is 0 Å². The number of anilines is 1. The second-order valence-corrected chi connectivity index (χ2v) is 5.42. The molecule has 1 saturated heterocycles. The minimum Gasteiger partial charge on any atom is -1.00 e. The summed E-state index contributed by atoms with van der Waals surface area (Å²) in [7, 11) is 4.25. The largest absolute Gasteiger partial charge is 1.00 e. The molecule has 0 amide bonds. The van der Waals surface area contributed by atoms with Gasteiger partial charge in [-0.05, 0) is 20.9 Å². The van der Waals surface area contributed by atoms with Gasteiger partial charge in [0.05, 0.1) is 0 Å². The first-order valence-electron chi connectivity index (χ1n) is 5.90. The van der Waals surface area contributed by atoms with Crippen molar-refractivity contribution in [2.24, 2.45) is 7.05 Å². The minimum absolute atomic E-state index is 0. The molecule has 1 aromatic rings. The molecule has 1 aliphatic rings. The predicted molar refractivity (Wildman–Crippen MR) is 81.0 cm³/mol. The summed E-state index contributed by atoms with van der Waals surface area (Å²) in [5, 5.41) is 0. The van der Waals surface area contributed by atoms with Crippen LogP contribution in [0.4, 0.5) is 5.69 Å². The molecule has 0 radical (unpaired) electrons. The van der Waals surface area contributed by atoms with Crippen molar-refractivity contribution in [3.05, 3.63) is 24.5 Å². The standard InChI is InChI=1S/C13H22N3.3ClH/c1-13(2)11-15(4)9-10-16(13)12-5-7-14(3)8-6-12;;;/h5-8H,9-11H2,1-4H3;3*1H/q+1;;;/p-1. The van der Waals surface area contributed by atoms with Crippen LogP contribution in [0.2, 0.25) is 0 Å². The van der Waals surface area contributed by atoms with Gasteiger partial charge in [0.1, 0.15) is 7.05 Å². The fraction of sp³-hybridized carbons (Fsp3) is 0.615. The summed E-state index contributed by atoms with van der Waals surface area (Å²) in [6, 6.07) is 4.40. The first-order valence-corrected chi connectivity index (χ1v) is 5.90. The summed E-state index contributed by atoms with van der Waals surface area (Å²) in [4.78, 5) is 4.91. The number of pyridine rings is 1. The Morgan fingerprint density at radius 3 is 2.11 bits per heavy atom. The summed E-state index contributed by atoms with van der Waals surface area (Å²) < 4.78 is 2.08. The number of aromatic nitrogens is 1. The van der Waals surface area contributed by atoms with Gasteiger partial charge in [-0.25, -0.2) is 4.57 Å². The summed E-state index contributed by atoms with van der Waals surface area (Å²) in [6.07, 6.45) is 4.23. The van der Waals surface area contributed by atoms with E-state index in [0.29, 0.717) is 0 Å². The number of rotatable bonds is 1. The molecule has 1 aliphatic heterocycles. The monoisotopic (exact) mass is 327 g/mol. The topological polar surface area (TPSA) is 10.4 Å². The Morgan fingerprint density at radius 2 is 1.63 bits per heavy atom. The third kappa shape index (κ3) is 4.99. The number of aryl methyl sites for hydroxylation is 1. The van der Waals surface area contributed by atoms with Crippen LogP contribution in [0.3, 0.4) is 0 Å². The molecule has 2 heterocycles. The Kier molecular flexibility index (Phi) is 9.05. The van der Waals surface area contributed by atoms with E-state index in [1.165, 1.54) is 5.69 Å². The number of piperazine rings is 1. The lowest BCUT2D eigenvalue weighted by molar-refractivity contribution is -0.671. The number of halogens is 3. The smallest absolute Gasteiger partial charge is 0.170 e. The zero-order valence-corrected chi connectivity index (χ0v) is 14.4. The van der Waals surface area contributed by atoms with Crippen LogP contribution in [0, 0.1) is 0 Å². The molecule has 0 aromatic carbocycles. The molecule has 0 atom stereocenters. The Bertz CT molecular complexity index is 368. The van der Waals surface area contributed by atoms with Gasteiger partial charge in [-0.2, -0.15) is 0 Å². The van der Waals surface area contributed by atoms with E-state index in [1.807, 2.05) is 0 Å². The lowest BCUT2D eigenvalue weighted by Crippen LogP contribution is -3.00. The van der Waals surface area contributed by atoms with Crippen LogP contribution in [0.15, 0.2) is 24.5 Å². The lowest BCUT2D eigenvalue weighted by Gasteiger charge is -2.47. The second kappa shape index (κ2) is 8.15. The molecule has 19 heavy (non-hydrogen) atoms. The third-order valence-corrected chi connectivity index (χ3v) is 3.37. The Morgan fingerprint density at radius 1 is 1.11 bits per heavy atom. The van der Waals surface area contributed by atoms with Crippen LogP contribution in [-0.4, -0.2) is 37.1 Å². The molecule has 6 heteroatoms. The molecule has 1 fully saturated rings. The average molecular weight is 329 g/mol. The zero-order chi connectivity index (χ0) is 11.8. The van der Waals surface area contributed by atoms with Crippen molar-refractivity contribution in [1.29, 1.82) is 0 Å². The Hall–Kier alpha value is -0.220. The highest BCUT2D eigenvalue weighted by atomic mass is 35.5. The fourth-order valence-electron chi connectivity index (χ4n) is 2.55. The molecule has 1 aromatic heterocycles. The highest BCUT2D eigenvalue weighted by Crippen LogP contribution is 2.26. The molecular weight excluding hydrogens is 305 g/mol. The Balaban J connectivity index is 0. The van der Waals surface area contributed by atoms with Crippen LogP contribution in [0.25, 0.3) is 0 Å². The van der Waals surface area contributed by atoms with Gasteiger partial charge in [0, 0.05) is 43.0 Å². The van der Waals surface area contributed by atoms with Crippen molar-refractivity contribution in [1.82, 2.24) is 4.90 Å². The normalized spacial score (nSPS) is 17.8. The van der Waals surface area contributed by atoms with E-state index in [9.17, 15) is 0 Å². The van der Waals surface area contributed by atoms with Crippen LogP contribution in [0.5, 0.6) is 0 Å². The number of hydrogen-bond donors (Lipinski definition) is 0. The molecule has 2 rings (SSSR count). The van der Waals surface area contributed by atoms with Gasteiger partial charge in [0.2, 0.25) is 0 Å². The molecule has 0 saturated carbocycles. The van der Waals surface area contributed by atoms with Crippen LogP contribution in [0.1, 0.15) is 13.8 Å². The second-order valence-electron chi connectivity index (χ2n) is 5.42. The van der Waals surface area contributed by atoms with Crippen molar-refractivity contribution in [3.8, 4) is 0 Å². The predicted octanol–water partition coefficient (Wildman–Crippen LogP) is -1.11. The van der Waals surface area contributed by atoms with Gasteiger partial charge in [0.15, 0.2) is 12.4 Å². The summed E-state index contributed by atoms with van der Waals surface area (Å²) in [5.41, 5.74) is 1.55. The first kappa shape index (κ1) is 21.1. The van der Waals surface area contributed by atoms with E-state index in [0.717, 1.165) is 19.6 Å². The van der Waals surface area contributed by atoms with E-state index in [4.69, 9.17) is 0 Å². The van der Waals surface area contributed by atoms with Crippen LogP contribution < -0.4 is 21.9 Å². The molecule has 0 unspecified atom stereocenters. The average Bonchev–Trinajstić information content (AvgIpc) is 2.18. The van der Waals surface area contributed by atoms with Crippen LogP contribution >= 0.6 is 24.8 Å². The van der Waals surface area contributed by atoms with Gasteiger partial charge in [-0.3, -0.25) is 0 Å². The highest BCUT2D eigenvalue weighted by molar-refractivity contribution is 5.85. The van der Waals surface area contributed by atoms with E-state index in [2.05, 4.69) is 66.8 Å². The molecule has 112 valence electrons. The first-order chi connectivity index (χ1) is 7.49. The highest BCUT2D eigenvalue weighted by Gasteiger charge is 2.32. The molecule has 0 N–H and O–H groups in total. The summed E-state index contributed by atoms with van der Waals surface area (Å²) in [6.45, 7) is 8.00. The third-order valence-electron chi connectivity index (χ3n) is 3.37. The van der Waals surface area contributed by atoms with E-state index < -0.39 is 0 Å². The molecule has 0 aliphatic carbocycles. The molecule has 0 spiro atoms. The lowest BCUT2D eigenvalue weighted by atomic mass is 9.98. The van der Waals surface area contributed by atoms with Crippen molar-refractivity contribution >= 4 is 30.5 Å². The quantitative estimate of drug-likeness (QED) is 0.605. The molecule has 3 nitrogen and oxygen atoms in total. The SMILES string of the molecule is CN1CCN(c2cc[n+](C)cc2)C(C)(C)C1.Cl.Cl.[Cl-]. The van der Waals surface area contributed by atoms with Gasteiger partial charge in [-0.15, -0.1) is 24.8 Å². The number of hydrogen-bond acceptors (Lipinski definition) is 2. The van der Waals surface area contributed by atoms with Crippen molar-refractivity contribution in [3.63, 3.8) is 0 Å². The maximum atomic E-state index is 2.51. The number of nitrogens with zero attached hydrogens (tertiary/aromatic N) is 3. The van der Waals surface area contributed by atoms with Gasteiger partial charge in [0.25, 0.3) is 0 Å². The van der Waals surface area contributed by atoms with E-state index >= 15 is 0 Å². The van der Waals surface area contributed by atoms with Crippen molar-refractivity contribution in [2.45, 2.75) is 19.4 Å². The molecule has 0 bridgehead atoms. The van der Waals surface area contributed by atoms with E-state index in [1.54, 1.807) is 0 Å². The maximum Gasteiger partial charge on any atom is 0.170 e. The fourth-order valence-corrected chi connectivity index (χ4v) is 2.55. The summed E-state index contributed by atoms with van der Waals surface area (Å²) >= 11 is 0. The van der Waals surface area contributed by atoms with Gasteiger partial charge < -0.3 is 22.2 Å². The molecular formula is C13H24Cl3N3. The van der Waals surface area contributed by atoms with Crippen molar-refractivity contribution < 1.29 is 17.0 Å². The minimum atomic E-state index is 0. The van der Waals surface area contributed by atoms with E-state index in [-0.39, 0.29) is 42.8 Å².